The Morgan fingerprint density at radius 2 is 2.07 bits per heavy atom. The van der Waals surface area contributed by atoms with Gasteiger partial charge in [-0.3, -0.25) is 9.69 Å². The van der Waals surface area contributed by atoms with E-state index in [0.717, 1.165) is 10.2 Å². The lowest BCUT2D eigenvalue weighted by molar-refractivity contribution is -0.117. The van der Waals surface area contributed by atoms with Crippen LogP contribution in [0.15, 0.2) is 56.0 Å². The van der Waals surface area contributed by atoms with Crippen molar-refractivity contribution in [3.8, 4) is 17.7 Å². The van der Waals surface area contributed by atoms with Crippen molar-refractivity contribution in [3.63, 3.8) is 0 Å². The second kappa shape index (κ2) is 8.51. The van der Waals surface area contributed by atoms with Crippen LogP contribution in [0.1, 0.15) is 5.69 Å². The molecule has 1 N–H and O–H groups in total. The minimum atomic E-state index is -0.0611. The van der Waals surface area contributed by atoms with Gasteiger partial charge in [0.25, 0.3) is 5.89 Å². The molecule has 148 valence electrons. The summed E-state index contributed by atoms with van der Waals surface area (Å²) in [7, 11) is 0. The molecule has 1 saturated heterocycles. The number of carbonyl (C=O) groups excluding carboxylic acids is 1. The van der Waals surface area contributed by atoms with Crippen LogP contribution in [-0.4, -0.2) is 48.5 Å². The van der Waals surface area contributed by atoms with Crippen LogP contribution in [0.5, 0.6) is 0 Å². The zero-order valence-corrected chi connectivity index (χ0v) is 17.1. The van der Waals surface area contributed by atoms with Gasteiger partial charge in [0.2, 0.25) is 17.5 Å². The Bertz CT molecular complexity index is 1030. The minimum absolute atomic E-state index is 0.0611. The summed E-state index contributed by atoms with van der Waals surface area (Å²) < 4.78 is 12.0. The van der Waals surface area contributed by atoms with Gasteiger partial charge >= 0.3 is 0 Å². The molecule has 3 aromatic rings. The van der Waals surface area contributed by atoms with Gasteiger partial charge in [-0.1, -0.05) is 22.0 Å². The summed E-state index contributed by atoms with van der Waals surface area (Å²) in [5, 5.41) is 12.3. The van der Waals surface area contributed by atoms with Gasteiger partial charge in [0.1, 0.15) is 6.07 Å². The molecule has 1 aliphatic rings. The Balaban J connectivity index is 1.35. The molecule has 2 aromatic heterocycles. The summed E-state index contributed by atoms with van der Waals surface area (Å²) in [4.78, 5) is 20.6. The van der Waals surface area contributed by atoms with Crippen LogP contribution in [0.4, 0.5) is 11.6 Å². The van der Waals surface area contributed by atoms with Crippen LogP contribution >= 0.6 is 15.9 Å². The monoisotopic (exact) mass is 455 g/mol. The molecule has 1 aliphatic heterocycles. The maximum Gasteiger partial charge on any atom is 0.266 e. The third kappa shape index (κ3) is 4.50. The molecule has 3 heterocycles. The van der Waals surface area contributed by atoms with Crippen molar-refractivity contribution < 1.29 is 13.6 Å². The maximum atomic E-state index is 12.3. The zero-order valence-electron chi connectivity index (χ0n) is 15.5. The number of nitrogens with one attached hydrogen (secondary N) is 1. The van der Waals surface area contributed by atoms with Crippen molar-refractivity contribution in [2.75, 3.05) is 42.9 Å². The number of hydrogen-bond acceptors (Lipinski definition) is 7. The van der Waals surface area contributed by atoms with Gasteiger partial charge < -0.3 is 19.1 Å². The van der Waals surface area contributed by atoms with E-state index in [9.17, 15) is 10.1 Å². The first-order chi connectivity index (χ1) is 14.1. The SMILES string of the molecule is N#Cc1nc(-c2ccco2)oc1N1CCN(CC(=O)Nc2cccc(Br)c2)CC1. The number of rotatable bonds is 5. The molecule has 0 unspecified atom stereocenters. The van der Waals surface area contributed by atoms with Crippen molar-refractivity contribution in [3.05, 3.63) is 52.8 Å². The fourth-order valence-electron chi connectivity index (χ4n) is 3.18. The molecule has 0 atom stereocenters. The fraction of sp³-hybridized carbons (Fsp3) is 0.250. The molecule has 0 spiro atoms. The van der Waals surface area contributed by atoms with Crippen LogP contribution in [0, 0.1) is 11.3 Å². The summed E-state index contributed by atoms with van der Waals surface area (Å²) in [6.07, 6.45) is 1.53. The number of amides is 1. The van der Waals surface area contributed by atoms with E-state index in [-0.39, 0.29) is 17.5 Å². The number of carbonyl (C=O) groups is 1. The second-order valence-electron chi connectivity index (χ2n) is 6.58. The molecule has 0 aliphatic carbocycles. The van der Waals surface area contributed by atoms with Crippen LogP contribution < -0.4 is 10.2 Å². The number of piperazine rings is 1. The molecule has 0 saturated carbocycles. The summed E-state index contributed by atoms with van der Waals surface area (Å²) in [5.74, 6) is 1.15. The number of nitrogens with zero attached hydrogens (tertiary/aromatic N) is 4. The number of hydrogen-bond donors (Lipinski definition) is 1. The Morgan fingerprint density at radius 1 is 1.24 bits per heavy atom. The molecule has 8 nitrogen and oxygen atoms in total. The Labute approximate surface area is 175 Å². The normalized spacial score (nSPS) is 14.6. The highest BCUT2D eigenvalue weighted by atomic mass is 79.9. The average molecular weight is 456 g/mol. The highest BCUT2D eigenvalue weighted by Crippen LogP contribution is 2.29. The largest absolute Gasteiger partial charge is 0.459 e. The van der Waals surface area contributed by atoms with E-state index in [4.69, 9.17) is 8.83 Å². The lowest BCUT2D eigenvalue weighted by atomic mass is 10.3. The smallest absolute Gasteiger partial charge is 0.266 e. The quantitative estimate of drug-likeness (QED) is 0.629. The van der Waals surface area contributed by atoms with E-state index >= 15 is 0 Å². The predicted molar refractivity (Wildman–Crippen MR) is 110 cm³/mol. The Morgan fingerprint density at radius 3 is 2.76 bits per heavy atom. The van der Waals surface area contributed by atoms with Crippen LogP contribution in [-0.2, 0) is 4.79 Å². The predicted octanol–water partition coefficient (Wildman–Crippen LogP) is 3.33. The van der Waals surface area contributed by atoms with E-state index in [0.29, 0.717) is 44.4 Å². The molecule has 1 aromatic carbocycles. The highest BCUT2D eigenvalue weighted by Gasteiger charge is 2.26. The lowest BCUT2D eigenvalue weighted by Gasteiger charge is -2.34. The molecule has 1 amide bonds. The standard InChI is InChI=1S/C20H18BrN5O3/c21-14-3-1-4-15(11-14)23-18(27)13-25-6-8-26(9-7-25)20-16(12-22)24-19(29-20)17-5-2-10-28-17/h1-5,10-11H,6-9,13H2,(H,23,27). The van der Waals surface area contributed by atoms with Crippen LogP contribution in [0.25, 0.3) is 11.7 Å². The van der Waals surface area contributed by atoms with Gasteiger partial charge in [-0.05, 0) is 30.3 Å². The minimum Gasteiger partial charge on any atom is -0.459 e. The summed E-state index contributed by atoms with van der Waals surface area (Å²) in [5.41, 5.74) is 0.992. The summed E-state index contributed by atoms with van der Waals surface area (Å²) >= 11 is 3.40. The summed E-state index contributed by atoms with van der Waals surface area (Å²) in [6, 6.07) is 13.0. The molecular weight excluding hydrogens is 438 g/mol. The first-order valence-electron chi connectivity index (χ1n) is 9.10. The zero-order chi connectivity index (χ0) is 20.2. The molecular formula is C20H18BrN5O3. The number of oxazole rings is 1. The third-order valence-corrected chi connectivity index (χ3v) is 5.08. The van der Waals surface area contributed by atoms with Gasteiger partial charge in [0.05, 0.1) is 12.8 Å². The average Bonchev–Trinajstić information content (AvgIpc) is 3.38. The first-order valence-corrected chi connectivity index (χ1v) is 9.89. The third-order valence-electron chi connectivity index (χ3n) is 4.58. The Hall–Kier alpha value is -3.09. The number of furan rings is 1. The van der Waals surface area contributed by atoms with E-state index < -0.39 is 0 Å². The van der Waals surface area contributed by atoms with E-state index in [2.05, 4.69) is 37.2 Å². The molecule has 1 fully saturated rings. The lowest BCUT2D eigenvalue weighted by Crippen LogP contribution is -2.48. The number of halogens is 1. The van der Waals surface area contributed by atoms with E-state index in [1.165, 1.54) is 6.26 Å². The number of benzene rings is 1. The van der Waals surface area contributed by atoms with E-state index in [1.54, 1.807) is 12.1 Å². The molecule has 9 heteroatoms. The number of anilines is 2. The van der Waals surface area contributed by atoms with Crippen LogP contribution in [0.3, 0.4) is 0 Å². The van der Waals surface area contributed by atoms with Crippen molar-refractivity contribution in [1.82, 2.24) is 9.88 Å². The molecule has 0 radical (unpaired) electrons. The van der Waals surface area contributed by atoms with Gasteiger partial charge in [0, 0.05) is 36.3 Å². The van der Waals surface area contributed by atoms with E-state index in [1.807, 2.05) is 29.2 Å². The molecule has 4 rings (SSSR count). The van der Waals surface area contributed by atoms with Crippen LogP contribution in [0.2, 0.25) is 0 Å². The van der Waals surface area contributed by atoms with Crippen molar-refractivity contribution >= 4 is 33.4 Å². The topological polar surface area (TPSA) is 98.5 Å². The van der Waals surface area contributed by atoms with Crippen molar-refractivity contribution in [2.45, 2.75) is 0 Å². The summed E-state index contributed by atoms with van der Waals surface area (Å²) in [6.45, 7) is 2.91. The van der Waals surface area contributed by atoms with Crippen molar-refractivity contribution in [2.24, 2.45) is 0 Å². The number of aromatic nitrogens is 1. The fourth-order valence-corrected chi connectivity index (χ4v) is 3.58. The number of nitriles is 1. The van der Waals surface area contributed by atoms with Gasteiger partial charge in [-0.15, -0.1) is 0 Å². The maximum absolute atomic E-state index is 12.3. The van der Waals surface area contributed by atoms with Gasteiger partial charge in [-0.25, -0.2) is 0 Å². The Kier molecular flexibility index (Phi) is 5.64. The highest BCUT2D eigenvalue weighted by molar-refractivity contribution is 9.10. The molecule has 0 bridgehead atoms. The van der Waals surface area contributed by atoms with Gasteiger partial charge in [0.15, 0.2) is 5.76 Å². The van der Waals surface area contributed by atoms with Crippen molar-refractivity contribution in [1.29, 1.82) is 5.26 Å². The first kappa shape index (κ1) is 19.2. The molecule has 29 heavy (non-hydrogen) atoms. The van der Waals surface area contributed by atoms with Gasteiger partial charge in [-0.2, -0.15) is 10.2 Å². The second-order valence-corrected chi connectivity index (χ2v) is 7.50.